The van der Waals surface area contributed by atoms with Gasteiger partial charge < -0.3 is 14.6 Å². The van der Waals surface area contributed by atoms with Crippen molar-refractivity contribution < 1.29 is 9.53 Å². The number of carbonyl (C=O) groups excluding carboxylic acids is 1. The Morgan fingerprint density at radius 2 is 2.24 bits per heavy atom. The maximum absolute atomic E-state index is 12.7. The van der Waals surface area contributed by atoms with Gasteiger partial charge in [0, 0.05) is 35.2 Å². The van der Waals surface area contributed by atoms with Crippen molar-refractivity contribution in [3.63, 3.8) is 0 Å². The van der Waals surface area contributed by atoms with Gasteiger partial charge in [-0.05, 0) is 44.0 Å². The molecule has 112 valence electrons. The first-order valence-corrected chi connectivity index (χ1v) is 7.60. The van der Waals surface area contributed by atoms with Crippen molar-refractivity contribution in [1.82, 2.24) is 9.88 Å². The molecular weight excluding hydrogens is 264 g/mol. The average molecular weight is 286 g/mol. The summed E-state index contributed by atoms with van der Waals surface area (Å²) in [6.45, 7) is 8.25. The maximum Gasteiger partial charge on any atom is 0.254 e. The van der Waals surface area contributed by atoms with Gasteiger partial charge in [-0.1, -0.05) is 6.92 Å². The Morgan fingerprint density at radius 1 is 1.43 bits per heavy atom. The standard InChI is InChI=1S/C17H22N2O2/c1-4-14-10-19(7-8-21-14)17(20)13-5-6-16-15(9-13)11(2)12(3)18-16/h5-6,9,14,18H,4,7-8,10H2,1-3H3/t14-/m1/s1. The Kier molecular flexibility index (Phi) is 3.72. The molecule has 0 aliphatic carbocycles. The third-order valence-electron chi connectivity index (χ3n) is 4.44. The van der Waals surface area contributed by atoms with Crippen LogP contribution in [0.15, 0.2) is 18.2 Å². The third kappa shape index (κ3) is 2.56. The van der Waals surface area contributed by atoms with Gasteiger partial charge in [0.25, 0.3) is 5.91 Å². The van der Waals surface area contributed by atoms with Crippen molar-refractivity contribution in [2.45, 2.75) is 33.3 Å². The number of ether oxygens (including phenoxy) is 1. The molecule has 2 aromatic rings. The highest BCUT2D eigenvalue weighted by Gasteiger charge is 2.24. The topological polar surface area (TPSA) is 45.3 Å². The normalized spacial score (nSPS) is 19.2. The second-order valence-corrected chi connectivity index (χ2v) is 5.79. The molecule has 1 aliphatic rings. The smallest absolute Gasteiger partial charge is 0.254 e. The Bertz CT molecular complexity index is 675. The van der Waals surface area contributed by atoms with Crippen LogP contribution in [0, 0.1) is 13.8 Å². The monoisotopic (exact) mass is 286 g/mol. The van der Waals surface area contributed by atoms with Crippen molar-refractivity contribution in [1.29, 1.82) is 0 Å². The van der Waals surface area contributed by atoms with Crippen LogP contribution in [0.5, 0.6) is 0 Å². The Labute approximate surface area is 125 Å². The van der Waals surface area contributed by atoms with E-state index in [2.05, 4.69) is 25.8 Å². The van der Waals surface area contributed by atoms with Crippen LogP contribution in [0.4, 0.5) is 0 Å². The summed E-state index contributed by atoms with van der Waals surface area (Å²) in [5, 5.41) is 1.14. The number of benzene rings is 1. The molecule has 1 amide bonds. The summed E-state index contributed by atoms with van der Waals surface area (Å²) in [4.78, 5) is 17.9. The number of amides is 1. The van der Waals surface area contributed by atoms with Crippen LogP contribution in [-0.4, -0.2) is 41.6 Å². The predicted molar refractivity (Wildman–Crippen MR) is 83.7 cm³/mol. The summed E-state index contributed by atoms with van der Waals surface area (Å²) >= 11 is 0. The third-order valence-corrected chi connectivity index (χ3v) is 4.44. The number of carbonyl (C=O) groups is 1. The van der Waals surface area contributed by atoms with Gasteiger partial charge in [0.15, 0.2) is 0 Å². The van der Waals surface area contributed by atoms with Gasteiger partial charge >= 0.3 is 0 Å². The number of aromatic nitrogens is 1. The lowest BCUT2D eigenvalue weighted by molar-refractivity contribution is -0.0226. The Morgan fingerprint density at radius 3 is 3.00 bits per heavy atom. The summed E-state index contributed by atoms with van der Waals surface area (Å²) in [5.74, 6) is 0.108. The number of aromatic amines is 1. The zero-order valence-corrected chi connectivity index (χ0v) is 12.9. The average Bonchev–Trinajstić information content (AvgIpc) is 2.81. The van der Waals surface area contributed by atoms with Gasteiger partial charge in [-0.2, -0.15) is 0 Å². The van der Waals surface area contributed by atoms with E-state index in [0.29, 0.717) is 19.7 Å². The quantitative estimate of drug-likeness (QED) is 0.922. The van der Waals surface area contributed by atoms with Crippen LogP contribution in [0.1, 0.15) is 35.0 Å². The van der Waals surface area contributed by atoms with Crippen LogP contribution in [0.2, 0.25) is 0 Å². The van der Waals surface area contributed by atoms with Crippen molar-refractivity contribution in [3.05, 3.63) is 35.0 Å². The molecule has 1 N–H and O–H groups in total. The summed E-state index contributed by atoms with van der Waals surface area (Å²) in [6, 6.07) is 5.92. The number of aryl methyl sites for hydroxylation is 2. The minimum atomic E-state index is 0.108. The molecular formula is C17H22N2O2. The van der Waals surface area contributed by atoms with E-state index in [0.717, 1.165) is 28.6 Å². The van der Waals surface area contributed by atoms with E-state index in [1.165, 1.54) is 5.56 Å². The van der Waals surface area contributed by atoms with Gasteiger partial charge in [0.2, 0.25) is 0 Å². The van der Waals surface area contributed by atoms with Crippen LogP contribution in [0.25, 0.3) is 10.9 Å². The summed E-state index contributed by atoms with van der Waals surface area (Å²) < 4.78 is 5.64. The fraction of sp³-hybridized carbons (Fsp3) is 0.471. The zero-order valence-electron chi connectivity index (χ0n) is 12.9. The molecule has 1 aliphatic heterocycles. The SMILES string of the molecule is CC[C@@H]1CN(C(=O)c2ccc3[nH]c(C)c(C)c3c2)CCO1. The van der Waals surface area contributed by atoms with E-state index < -0.39 is 0 Å². The minimum absolute atomic E-state index is 0.108. The van der Waals surface area contributed by atoms with Gasteiger partial charge in [0.05, 0.1) is 12.7 Å². The highest BCUT2D eigenvalue weighted by atomic mass is 16.5. The number of nitrogens with zero attached hydrogens (tertiary/aromatic N) is 1. The Balaban J connectivity index is 1.89. The lowest BCUT2D eigenvalue weighted by atomic mass is 10.1. The number of rotatable bonds is 2. The van der Waals surface area contributed by atoms with Crippen molar-refractivity contribution in [3.8, 4) is 0 Å². The fourth-order valence-corrected chi connectivity index (χ4v) is 2.93. The number of H-pyrrole nitrogens is 1. The number of morpholine rings is 1. The molecule has 3 rings (SSSR count). The second kappa shape index (κ2) is 5.53. The van der Waals surface area contributed by atoms with E-state index in [9.17, 15) is 4.79 Å². The van der Waals surface area contributed by atoms with Crippen molar-refractivity contribution >= 4 is 16.8 Å². The maximum atomic E-state index is 12.7. The molecule has 0 radical (unpaired) electrons. The van der Waals surface area contributed by atoms with E-state index >= 15 is 0 Å². The number of fused-ring (bicyclic) bond motifs is 1. The molecule has 2 heterocycles. The van der Waals surface area contributed by atoms with E-state index in [-0.39, 0.29) is 12.0 Å². The molecule has 1 fully saturated rings. The van der Waals surface area contributed by atoms with Gasteiger partial charge in [-0.15, -0.1) is 0 Å². The molecule has 21 heavy (non-hydrogen) atoms. The summed E-state index contributed by atoms with van der Waals surface area (Å²) in [7, 11) is 0. The molecule has 1 atom stereocenters. The van der Waals surface area contributed by atoms with Gasteiger partial charge in [0.1, 0.15) is 0 Å². The van der Waals surface area contributed by atoms with Gasteiger partial charge in [-0.3, -0.25) is 4.79 Å². The van der Waals surface area contributed by atoms with E-state index in [1.54, 1.807) is 0 Å². The molecule has 1 saturated heterocycles. The molecule has 0 unspecified atom stereocenters. The van der Waals surface area contributed by atoms with Crippen molar-refractivity contribution in [2.24, 2.45) is 0 Å². The number of hydrogen-bond acceptors (Lipinski definition) is 2. The first-order chi connectivity index (χ1) is 10.1. The molecule has 0 spiro atoms. The molecule has 0 saturated carbocycles. The molecule has 1 aromatic carbocycles. The predicted octanol–water partition coefficient (Wildman–Crippen LogP) is 3.04. The highest BCUT2D eigenvalue weighted by Crippen LogP contribution is 2.23. The second-order valence-electron chi connectivity index (χ2n) is 5.79. The van der Waals surface area contributed by atoms with Crippen LogP contribution in [-0.2, 0) is 4.74 Å². The van der Waals surface area contributed by atoms with E-state index in [4.69, 9.17) is 4.74 Å². The molecule has 4 nitrogen and oxygen atoms in total. The van der Waals surface area contributed by atoms with Crippen LogP contribution < -0.4 is 0 Å². The zero-order chi connectivity index (χ0) is 15.0. The first kappa shape index (κ1) is 14.1. The fourth-order valence-electron chi connectivity index (χ4n) is 2.93. The van der Waals surface area contributed by atoms with E-state index in [1.807, 2.05) is 23.1 Å². The summed E-state index contributed by atoms with van der Waals surface area (Å²) in [5.41, 5.74) is 4.23. The lowest BCUT2D eigenvalue weighted by Crippen LogP contribution is -2.45. The Hall–Kier alpha value is -1.81. The first-order valence-electron chi connectivity index (χ1n) is 7.60. The minimum Gasteiger partial charge on any atom is -0.375 e. The largest absolute Gasteiger partial charge is 0.375 e. The van der Waals surface area contributed by atoms with Crippen LogP contribution in [0.3, 0.4) is 0 Å². The molecule has 1 aromatic heterocycles. The van der Waals surface area contributed by atoms with Crippen molar-refractivity contribution in [2.75, 3.05) is 19.7 Å². The van der Waals surface area contributed by atoms with Gasteiger partial charge in [-0.25, -0.2) is 0 Å². The number of nitrogens with one attached hydrogen (secondary N) is 1. The molecule has 0 bridgehead atoms. The highest BCUT2D eigenvalue weighted by molar-refractivity contribution is 5.99. The summed E-state index contributed by atoms with van der Waals surface area (Å²) in [6.07, 6.45) is 1.11. The number of hydrogen-bond donors (Lipinski definition) is 1. The van der Waals surface area contributed by atoms with Crippen LogP contribution >= 0.6 is 0 Å². The lowest BCUT2D eigenvalue weighted by Gasteiger charge is -2.32. The molecule has 4 heteroatoms.